The summed E-state index contributed by atoms with van der Waals surface area (Å²) in [7, 11) is 0. The van der Waals surface area contributed by atoms with Crippen molar-refractivity contribution in [1.29, 1.82) is 0 Å². The summed E-state index contributed by atoms with van der Waals surface area (Å²) in [6, 6.07) is 12.6. The average molecular weight is 292 g/mol. The third-order valence-corrected chi connectivity index (χ3v) is 4.18. The molecule has 2 aromatic rings. The monoisotopic (exact) mass is 291 g/mol. The minimum Gasteiger partial charge on any atom is -0.377 e. The van der Waals surface area contributed by atoms with Crippen LogP contribution >= 0.6 is 23.2 Å². The van der Waals surface area contributed by atoms with Crippen LogP contribution in [0.3, 0.4) is 0 Å². The first kappa shape index (κ1) is 12.8. The summed E-state index contributed by atoms with van der Waals surface area (Å²) in [5.41, 5.74) is 4.85. The molecule has 1 nitrogen and oxygen atoms in total. The molecular weight excluding hydrogens is 277 g/mol. The summed E-state index contributed by atoms with van der Waals surface area (Å²) in [5, 5.41) is 5.13. The van der Waals surface area contributed by atoms with E-state index in [1.807, 2.05) is 25.1 Å². The molecule has 0 radical (unpaired) electrons. The molecule has 0 saturated carbocycles. The average Bonchev–Trinajstić information content (AvgIpc) is 2.75. The van der Waals surface area contributed by atoms with E-state index in [0.717, 1.165) is 28.6 Å². The van der Waals surface area contributed by atoms with Crippen molar-refractivity contribution in [1.82, 2.24) is 0 Å². The molecule has 1 aliphatic carbocycles. The number of hydrogen-bond acceptors (Lipinski definition) is 1. The zero-order valence-corrected chi connectivity index (χ0v) is 12.2. The lowest BCUT2D eigenvalue weighted by Gasteiger charge is -2.17. The smallest absolute Gasteiger partial charge is 0.0640 e. The first-order valence-corrected chi connectivity index (χ1v) is 7.20. The number of hydrogen-bond donors (Lipinski definition) is 1. The van der Waals surface area contributed by atoms with Crippen LogP contribution in [0.4, 0.5) is 5.69 Å². The van der Waals surface area contributed by atoms with Gasteiger partial charge >= 0.3 is 0 Å². The predicted octanol–water partition coefficient (Wildman–Crippen LogP) is 5.40. The second kappa shape index (κ2) is 5.07. The van der Waals surface area contributed by atoms with Gasteiger partial charge in [-0.15, -0.1) is 0 Å². The first-order chi connectivity index (χ1) is 9.13. The molecule has 0 aliphatic heterocycles. The fraction of sp³-hybridized carbons (Fsp3) is 0.250. The molecule has 1 unspecified atom stereocenters. The van der Waals surface area contributed by atoms with Crippen LogP contribution in [0.2, 0.25) is 10.0 Å². The number of benzene rings is 2. The number of halogens is 2. The van der Waals surface area contributed by atoms with Crippen molar-refractivity contribution in [2.75, 3.05) is 5.32 Å². The summed E-state index contributed by atoms with van der Waals surface area (Å²) in [5.74, 6) is 0. The van der Waals surface area contributed by atoms with Crippen LogP contribution in [-0.4, -0.2) is 0 Å². The number of aryl methyl sites for hydroxylation is 2. The van der Waals surface area contributed by atoms with Crippen LogP contribution in [0.15, 0.2) is 36.4 Å². The topological polar surface area (TPSA) is 12.0 Å². The molecule has 0 bridgehead atoms. The summed E-state index contributed by atoms with van der Waals surface area (Å²) in [6.45, 7) is 2.04. The quantitative estimate of drug-likeness (QED) is 0.781. The molecule has 1 atom stereocenters. The van der Waals surface area contributed by atoms with Crippen molar-refractivity contribution in [3.63, 3.8) is 0 Å². The van der Waals surface area contributed by atoms with E-state index in [9.17, 15) is 0 Å². The van der Waals surface area contributed by atoms with Gasteiger partial charge in [-0.3, -0.25) is 0 Å². The number of fused-ring (bicyclic) bond motifs is 1. The van der Waals surface area contributed by atoms with Crippen LogP contribution in [0.1, 0.15) is 29.2 Å². The summed E-state index contributed by atoms with van der Waals surface area (Å²) >= 11 is 12.3. The van der Waals surface area contributed by atoms with Crippen molar-refractivity contribution >= 4 is 28.9 Å². The highest BCUT2D eigenvalue weighted by Gasteiger charge is 2.22. The molecule has 0 fully saturated rings. The van der Waals surface area contributed by atoms with Gasteiger partial charge in [0.25, 0.3) is 0 Å². The Bertz CT molecular complexity index is 622. The van der Waals surface area contributed by atoms with E-state index in [1.54, 1.807) is 0 Å². The third-order valence-electron chi connectivity index (χ3n) is 3.64. The summed E-state index contributed by atoms with van der Waals surface area (Å²) in [6.07, 6.45) is 2.15. The Balaban J connectivity index is 1.86. The van der Waals surface area contributed by atoms with Crippen LogP contribution in [-0.2, 0) is 6.42 Å². The van der Waals surface area contributed by atoms with E-state index in [0.29, 0.717) is 6.04 Å². The molecule has 2 aromatic carbocycles. The van der Waals surface area contributed by atoms with Gasteiger partial charge < -0.3 is 5.32 Å². The predicted molar refractivity (Wildman–Crippen MR) is 82.3 cm³/mol. The molecule has 19 heavy (non-hydrogen) atoms. The maximum absolute atomic E-state index is 6.28. The number of anilines is 1. The highest BCUT2D eigenvalue weighted by atomic mass is 35.5. The van der Waals surface area contributed by atoms with Crippen LogP contribution in [0, 0.1) is 6.92 Å². The van der Waals surface area contributed by atoms with Crippen LogP contribution in [0.5, 0.6) is 0 Å². The lowest BCUT2D eigenvalue weighted by Crippen LogP contribution is -2.07. The van der Waals surface area contributed by atoms with E-state index in [4.69, 9.17) is 23.2 Å². The molecule has 0 saturated heterocycles. The zero-order chi connectivity index (χ0) is 13.4. The molecule has 0 aromatic heterocycles. The molecule has 0 amide bonds. The molecule has 1 aliphatic rings. The fourth-order valence-corrected chi connectivity index (χ4v) is 3.15. The van der Waals surface area contributed by atoms with E-state index < -0.39 is 0 Å². The number of nitrogens with one attached hydrogen (secondary N) is 1. The van der Waals surface area contributed by atoms with E-state index in [-0.39, 0.29) is 0 Å². The Morgan fingerprint density at radius 3 is 2.74 bits per heavy atom. The SMILES string of the molecule is Cc1ccc(NC2CCc3cc(Cl)ccc32)c(Cl)c1. The van der Waals surface area contributed by atoms with Gasteiger partial charge in [0.05, 0.1) is 16.8 Å². The summed E-state index contributed by atoms with van der Waals surface area (Å²) in [4.78, 5) is 0. The van der Waals surface area contributed by atoms with Gasteiger partial charge in [0.15, 0.2) is 0 Å². The molecule has 3 rings (SSSR count). The standard InChI is InChI=1S/C16H15Cl2N/c1-10-2-6-16(14(18)8-10)19-15-7-3-11-9-12(17)4-5-13(11)15/h2,4-6,8-9,15,19H,3,7H2,1H3. The van der Waals surface area contributed by atoms with Crippen molar-refractivity contribution in [2.24, 2.45) is 0 Å². The van der Waals surface area contributed by atoms with Gasteiger partial charge in [-0.2, -0.15) is 0 Å². The normalized spacial score (nSPS) is 17.3. The summed E-state index contributed by atoms with van der Waals surface area (Å²) < 4.78 is 0. The minimum absolute atomic E-state index is 0.326. The maximum Gasteiger partial charge on any atom is 0.0640 e. The van der Waals surface area contributed by atoms with Crippen LogP contribution in [0.25, 0.3) is 0 Å². The zero-order valence-electron chi connectivity index (χ0n) is 10.7. The largest absolute Gasteiger partial charge is 0.377 e. The minimum atomic E-state index is 0.326. The molecule has 98 valence electrons. The van der Waals surface area contributed by atoms with Gasteiger partial charge in [0, 0.05) is 5.02 Å². The lowest BCUT2D eigenvalue weighted by atomic mass is 10.1. The van der Waals surface area contributed by atoms with Crippen molar-refractivity contribution in [3.05, 3.63) is 63.1 Å². The highest BCUT2D eigenvalue weighted by molar-refractivity contribution is 6.33. The van der Waals surface area contributed by atoms with Gasteiger partial charge in [0.2, 0.25) is 0 Å². The van der Waals surface area contributed by atoms with Gasteiger partial charge in [-0.1, -0.05) is 35.3 Å². The van der Waals surface area contributed by atoms with Crippen molar-refractivity contribution < 1.29 is 0 Å². The Hall–Kier alpha value is -1.18. The van der Waals surface area contributed by atoms with Gasteiger partial charge in [-0.25, -0.2) is 0 Å². The van der Waals surface area contributed by atoms with Gasteiger partial charge in [0.1, 0.15) is 0 Å². The van der Waals surface area contributed by atoms with E-state index >= 15 is 0 Å². The van der Waals surface area contributed by atoms with Gasteiger partial charge in [-0.05, 0) is 60.7 Å². The maximum atomic E-state index is 6.28. The highest BCUT2D eigenvalue weighted by Crippen LogP contribution is 2.36. The van der Waals surface area contributed by atoms with Crippen LogP contribution < -0.4 is 5.32 Å². The Morgan fingerprint density at radius 2 is 1.95 bits per heavy atom. The molecule has 3 heteroatoms. The first-order valence-electron chi connectivity index (χ1n) is 6.44. The van der Waals surface area contributed by atoms with Crippen molar-refractivity contribution in [2.45, 2.75) is 25.8 Å². The Morgan fingerprint density at radius 1 is 1.11 bits per heavy atom. The van der Waals surface area contributed by atoms with E-state index in [2.05, 4.69) is 23.5 Å². The lowest BCUT2D eigenvalue weighted by molar-refractivity contribution is 0.762. The third kappa shape index (κ3) is 2.58. The van der Waals surface area contributed by atoms with E-state index in [1.165, 1.54) is 16.7 Å². The molecule has 0 heterocycles. The second-order valence-electron chi connectivity index (χ2n) is 5.06. The molecular formula is C16H15Cl2N. The van der Waals surface area contributed by atoms with Crippen molar-refractivity contribution in [3.8, 4) is 0 Å². The molecule has 0 spiro atoms. The fourth-order valence-electron chi connectivity index (χ4n) is 2.66. The number of rotatable bonds is 2. The molecule has 1 N–H and O–H groups in total. The Labute approximate surface area is 123 Å². The second-order valence-corrected chi connectivity index (χ2v) is 5.91. The Kier molecular flexibility index (Phi) is 3.42.